The molecule has 2 unspecified atom stereocenters. The Morgan fingerprint density at radius 3 is 2.81 bits per heavy atom. The molecule has 2 heterocycles. The summed E-state index contributed by atoms with van der Waals surface area (Å²) in [6.07, 6.45) is 0.282. The van der Waals surface area contributed by atoms with Crippen LogP contribution < -0.4 is 10.6 Å². The van der Waals surface area contributed by atoms with Gasteiger partial charge in [0.2, 0.25) is 5.91 Å². The van der Waals surface area contributed by atoms with Crippen LogP contribution in [0.25, 0.3) is 0 Å². The van der Waals surface area contributed by atoms with Gasteiger partial charge in [-0.05, 0) is 25.3 Å². The zero-order valence-corrected chi connectivity index (χ0v) is 11.6. The maximum Gasteiger partial charge on any atom is 0.393 e. The van der Waals surface area contributed by atoms with Gasteiger partial charge in [0.15, 0.2) is 0 Å². The Labute approximate surface area is 120 Å². The van der Waals surface area contributed by atoms with Crippen LogP contribution in [-0.4, -0.2) is 41.0 Å². The fourth-order valence-corrected chi connectivity index (χ4v) is 2.37. The molecule has 1 amide bonds. The van der Waals surface area contributed by atoms with Crippen molar-refractivity contribution in [2.75, 3.05) is 13.1 Å². The van der Waals surface area contributed by atoms with Gasteiger partial charge >= 0.3 is 6.18 Å². The van der Waals surface area contributed by atoms with E-state index >= 15 is 0 Å². The quantitative estimate of drug-likeness (QED) is 0.807. The van der Waals surface area contributed by atoms with E-state index in [2.05, 4.69) is 15.7 Å². The maximum atomic E-state index is 12.5. The Hall–Kier alpha value is -1.57. The van der Waals surface area contributed by atoms with Crippen LogP contribution in [0.4, 0.5) is 13.2 Å². The van der Waals surface area contributed by atoms with E-state index in [0.717, 1.165) is 6.42 Å². The number of nitrogens with one attached hydrogen (secondary N) is 2. The molecule has 1 fully saturated rings. The summed E-state index contributed by atoms with van der Waals surface area (Å²) < 4.78 is 39.3. The number of aromatic nitrogens is 2. The molecule has 1 saturated heterocycles. The topological polar surface area (TPSA) is 59.0 Å². The van der Waals surface area contributed by atoms with Crippen molar-refractivity contribution in [3.63, 3.8) is 0 Å². The van der Waals surface area contributed by atoms with Crippen LogP contribution in [0.5, 0.6) is 0 Å². The Balaban J connectivity index is 1.63. The molecular formula is C13H19F3N4O. The lowest BCUT2D eigenvalue weighted by molar-refractivity contribution is -0.180. The third-order valence-corrected chi connectivity index (χ3v) is 3.62. The summed E-state index contributed by atoms with van der Waals surface area (Å²) in [4.78, 5) is 11.8. The summed E-state index contributed by atoms with van der Waals surface area (Å²) >= 11 is 0. The van der Waals surface area contributed by atoms with Gasteiger partial charge in [0.25, 0.3) is 0 Å². The van der Waals surface area contributed by atoms with Crippen LogP contribution in [0, 0.1) is 5.92 Å². The summed E-state index contributed by atoms with van der Waals surface area (Å²) in [5.41, 5.74) is 0. The van der Waals surface area contributed by atoms with Gasteiger partial charge in [-0.2, -0.15) is 18.3 Å². The number of rotatable bonds is 5. The first-order valence-electron chi connectivity index (χ1n) is 7.02. The molecule has 1 aromatic rings. The van der Waals surface area contributed by atoms with Crippen LogP contribution in [0.3, 0.4) is 0 Å². The SMILES string of the molecule is O=C(NCCCn1cccn1)C1CCC(C(F)(F)F)CN1. The molecular weight excluding hydrogens is 285 g/mol. The van der Waals surface area contributed by atoms with E-state index in [1.165, 1.54) is 0 Å². The summed E-state index contributed by atoms with van der Waals surface area (Å²) in [7, 11) is 0. The summed E-state index contributed by atoms with van der Waals surface area (Å²) in [6, 6.07) is 1.30. The number of carbonyl (C=O) groups excluding carboxylic acids is 1. The lowest BCUT2D eigenvalue weighted by atomic mass is 9.94. The van der Waals surface area contributed by atoms with Gasteiger partial charge in [-0.15, -0.1) is 0 Å². The van der Waals surface area contributed by atoms with E-state index in [1.807, 2.05) is 12.3 Å². The molecule has 5 nitrogen and oxygen atoms in total. The van der Waals surface area contributed by atoms with Crippen molar-refractivity contribution in [1.29, 1.82) is 0 Å². The largest absolute Gasteiger partial charge is 0.393 e. The lowest BCUT2D eigenvalue weighted by Crippen LogP contribution is -2.51. The van der Waals surface area contributed by atoms with E-state index in [-0.39, 0.29) is 25.3 Å². The van der Waals surface area contributed by atoms with E-state index in [9.17, 15) is 18.0 Å². The molecule has 1 aromatic heterocycles. The molecule has 2 N–H and O–H groups in total. The maximum absolute atomic E-state index is 12.5. The third kappa shape index (κ3) is 4.73. The van der Waals surface area contributed by atoms with E-state index in [4.69, 9.17) is 0 Å². The van der Waals surface area contributed by atoms with Gasteiger partial charge in [0.05, 0.1) is 12.0 Å². The number of hydrogen-bond acceptors (Lipinski definition) is 3. The molecule has 0 aromatic carbocycles. The van der Waals surface area contributed by atoms with E-state index < -0.39 is 18.1 Å². The highest BCUT2D eigenvalue weighted by Gasteiger charge is 2.42. The second-order valence-electron chi connectivity index (χ2n) is 5.19. The zero-order chi connectivity index (χ0) is 15.3. The molecule has 0 saturated carbocycles. The number of alkyl halides is 3. The second kappa shape index (κ2) is 6.93. The molecule has 0 radical (unpaired) electrons. The average molecular weight is 304 g/mol. The van der Waals surface area contributed by atoms with Crippen molar-refractivity contribution in [3.8, 4) is 0 Å². The predicted molar refractivity (Wildman–Crippen MR) is 70.4 cm³/mol. The first-order chi connectivity index (χ1) is 9.97. The van der Waals surface area contributed by atoms with E-state index in [0.29, 0.717) is 13.1 Å². The Morgan fingerprint density at radius 2 is 2.24 bits per heavy atom. The molecule has 1 aliphatic heterocycles. The average Bonchev–Trinajstić information content (AvgIpc) is 2.96. The smallest absolute Gasteiger partial charge is 0.355 e. The second-order valence-corrected chi connectivity index (χ2v) is 5.19. The first-order valence-corrected chi connectivity index (χ1v) is 7.02. The predicted octanol–water partition coefficient (Wildman–Crippen LogP) is 1.32. The van der Waals surface area contributed by atoms with Crippen molar-refractivity contribution in [1.82, 2.24) is 20.4 Å². The number of halogens is 3. The lowest BCUT2D eigenvalue weighted by Gasteiger charge is -2.30. The highest BCUT2D eigenvalue weighted by Crippen LogP contribution is 2.31. The fourth-order valence-electron chi connectivity index (χ4n) is 2.37. The van der Waals surface area contributed by atoms with Crippen LogP contribution in [0.1, 0.15) is 19.3 Å². The molecule has 1 aliphatic rings. The monoisotopic (exact) mass is 304 g/mol. The van der Waals surface area contributed by atoms with Crippen LogP contribution >= 0.6 is 0 Å². The van der Waals surface area contributed by atoms with Gasteiger partial charge in [-0.3, -0.25) is 9.48 Å². The van der Waals surface area contributed by atoms with Gasteiger partial charge in [0.1, 0.15) is 0 Å². The van der Waals surface area contributed by atoms with Gasteiger partial charge in [-0.1, -0.05) is 0 Å². The zero-order valence-electron chi connectivity index (χ0n) is 11.6. The third-order valence-electron chi connectivity index (χ3n) is 3.62. The number of hydrogen-bond donors (Lipinski definition) is 2. The van der Waals surface area contributed by atoms with Gasteiger partial charge in [0, 0.05) is 32.0 Å². The molecule has 0 aliphatic carbocycles. The Bertz CT molecular complexity index is 439. The van der Waals surface area contributed by atoms with Crippen LogP contribution in [-0.2, 0) is 11.3 Å². The highest BCUT2D eigenvalue weighted by molar-refractivity contribution is 5.81. The minimum Gasteiger partial charge on any atom is -0.355 e. The fraction of sp³-hybridized carbons (Fsp3) is 0.692. The van der Waals surface area contributed by atoms with Crippen molar-refractivity contribution >= 4 is 5.91 Å². The highest BCUT2D eigenvalue weighted by atomic mass is 19.4. The van der Waals surface area contributed by atoms with Crippen molar-refractivity contribution in [2.24, 2.45) is 5.92 Å². The normalized spacial score (nSPS) is 23.0. The molecule has 0 bridgehead atoms. The Morgan fingerprint density at radius 1 is 1.43 bits per heavy atom. The van der Waals surface area contributed by atoms with Crippen LogP contribution in [0.15, 0.2) is 18.5 Å². The van der Waals surface area contributed by atoms with Crippen molar-refractivity contribution < 1.29 is 18.0 Å². The Kier molecular flexibility index (Phi) is 5.22. The first kappa shape index (κ1) is 15.8. The van der Waals surface area contributed by atoms with Crippen molar-refractivity contribution in [2.45, 2.75) is 38.0 Å². The number of piperidine rings is 1. The molecule has 21 heavy (non-hydrogen) atoms. The molecule has 2 rings (SSSR count). The van der Waals surface area contributed by atoms with E-state index in [1.54, 1.807) is 10.9 Å². The number of amides is 1. The number of nitrogens with zero attached hydrogens (tertiary/aromatic N) is 2. The van der Waals surface area contributed by atoms with Crippen LogP contribution in [0.2, 0.25) is 0 Å². The standard InChI is InChI=1S/C13H19F3N4O/c14-13(15,16)10-3-4-11(18-9-10)12(21)17-5-1-7-20-8-2-6-19-20/h2,6,8,10-11,18H,1,3-5,7,9H2,(H,17,21). The minimum atomic E-state index is -4.18. The van der Waals surface area contributed by atoms with Gasteiger partial charge < -0.3 is 10.6 Å². The number of carbonyl (C=O) groups is 1. The minimum absolute atomic E-state index is 0.00186. The summed E-state index contributed by atoms with van der Waals surface area (Å²) in [5, 5.41) is 9.46. The summed E-state index contributed by atoms with van der Waals surface area (Å²) in [6.45, 7) is 0.996. The van der Waals surface area contributed by atoms with Gasteiger partial charge in [-0.25, -0.2) is 0 Å². The molecule has 8 heteroatoms. The van der Waals surface area contributed by atoms with Crippen molar-refractivity contribution in [3.05, 3.63) is 18.5 Å². The summed E-state index contributed by atoms with van der Waals surface area (Å²) in [5.74, 6) is -1.57. The molecule has 118 valence electrons. The molecule has 0 spiro atoms. The molecule has 2 atom stereocenters. The number of aryl methyl sites for hydroxylation is 1.